The Kier molecular flexibility index (Phi) is 13.6. The highest BCUT2D eigenvalue weighted by Gasteiger charge is 2.24. The van der Waals surface area contributed by atoms with E-state index >= 15 is 0 Å². The Hall–Kier alpha value is -6.70. The number of imide groups is 2. The lowest BCUT2D eigenvalue weighted by Gasteiger charge is -2.14. The fourth-order valence-electron chi connectivity index (χ4n) is 5.65. The summed E-state index contributed by atoms with van der Waals surface area (Å²) in [5.41, 5.74) is 0.486. The van der Waals surface area contributed by atoms with Crippen molar-refractivity contribution >= 4 is 47.5 Å². The number of aryl methyl sites for hydroxylation is 1. The van der Waals surface area contributed by atoms with Crippen molar-refractivity contribution in [1.82, 2.24) is 9.80 Å². The third-order valence-electron chi connectivity index (χ3n) is 8.55. The van der Waals surface area contributed by atoms with Gasteiger partial charge in [0.05, 0.1) is 0 Å². The summed E-state index contributed by atoms with van der Waals surface area (Å²) in [6.45, 7) is 2.17. The van der Waals surface area contributed by atoms with E-state index in [-0.39, 0.29) is 83.7 Å². The first-order valence-electron chi connectivity index (χ1n) is 17.7. The number of carbonyl (C=O) groups excluding carboxylic acids is 8. The van der Waals surface area contributed by atoms with Gasteiger partial charge in [0.1, 0.15) is 34.1 Å². The SMILES string of the molecule is Cc1cc(OC(=O)c2ccccc2OC(=O)CCCCCN2C(=O)C=CC2=O)ccc1OC(=O)c1ccccc1OC(=O)CCCCCN1C(=O)C=CC1=O. The summed E-state index contributed by atoms with van der Waals surface area (Å²) < 4.78 is 22.1. The molecule has 0 aliphatic carbocycles. The van der Waals surface area contributed by atoms with Gasteiger partial charge < -0.3 is 18.9 Å². The van der Waals surface area contributed by atoms with Crippen LogP contribution in [0.15, 0.2) is 91.0 Å². The van der Waals surface area contributed by atoms with E-state index in [1.807, 2.05) is 0 Å². The minimum atomic E-state index is -0.786. The van der Waals surface area contributed by atoms with Gasteiger partial charge >= 0.3 is 23.9 Å². The summed E-state index contributed by atoms with van der Waals surface area (Å²) in [6, 6.07) is 16.6. The second-order valence-corrected chi connectivity index (χ2v) is 12.6. The van der Waals surface area contributed by atoms with E-state index in [0.29, 0.717) is 44.1 Å². The van der Waals surface area contributed by atoms with E-state index in [2.05, 4.69) is 0 Å². The molecule has 0 N–H and O–H groups in total. The standard InChI is InChI=1S/C41H38N2O12/c1-27-26-28(52-40(50)29-12-6-8-14-32(29)53-38(48)16-4-2-10-24-42-34(44)20-21-35(42)45)18-19-31(27)55-41(51)30-13-7-9-15-33(30)54-39(49)17-5-3-11-25-43-36(46)22-23-37(43)47/h6-9,12-15,18-23,26H,2-5,10-11,16-17,24-25H2,1H3. The molecule has 0 atom stereocenters. The zero-order chi connectivity index (χ0) is 39.3. The van der Waals surface area contributed by atoms with Gasteiger partial charge in [0.25, 0.3) is 23.6 Å². The predicted molar refractivity (Wildman–Crippen MR) is 194 cm³/mol. The van der Waals surface area contributed by atoms with Crippen LogP contribution in [0.4, 0.5) is 0 Å². The lowest BCUT2D eigenvalue weighted by Crippen LogP contribution is -2.30. The van der Waals surface area contributed by atoms with Crippen LogP contribution in [0, 0.1) is 6.92 Å². The molecule has 55 heavy (non-hydrogen) atoms. The summed E-state index contributed by atoms with van der Waals surface area (Å²) in [5.74, 6) is -3.76. The van der Waals surface area contributed by atoms with Gasteiger partial charge in [0.15, 0.2) is 0 Å². The van der Waals surface area contributed by atoms with Crippen molar-refractivity contribution in [3.8, 4) is 23.0 Å². The number of unbranched alkanes of at least 4 members (excludes halogenated alkanes) is 4. The largest absolute Gasteiger partial charge is 0.426 e. The smallest absolute Gasteiger partial charge is 0.347 e. The molecule has 2 aliphatic heterocycles. The van der Waals surface area contributed by atoms with Gasteiger partial charge in [-0.25, -0.2) is 9.59 Å². The fraction of sp³-hybridized carbons (Fsp3) is 0.268. The first-order valence-corrected chi connectivity index (χ1v) is 17.7. The molecular weight excluding hydrogens is 712 g/mol. The van der Waals surface area contributed by atoms with Crippen LogP contribution in [0.3, 0.4) is 0 Å². The molecule has 14 nitrogen and oxygen atoms in total. The number of nitrogens with zero attached hydrogens (tertiary/aromatic N) is 2. The van der Waals surface area contributed by atoms with E-state index in [4.69, 9.17) is 18.9 Å². The van der Waals surface area contributed by atoms with Crippen LogP contribution in [-0.4, -0.2) is 70.4 Å². The van der Waals surface area contributed by atoms with Gasteiger partial charge in [0, 0.05) is 50.2 Å². The highest BCUT2D eigenvalue weighted by Crippen LogP contribution is 2.28. The highest BCUT2D eigenvalue weighted by molar-refractivity contribution is 6.13. The molecule has 0 saturated heterocycles. The minimum absolute atomic E-state index is 0.0151. The lowest BCUT2D eigenvalue weighted by molar-refractivity contribution is -0.138. The number of hydrogen-bond acceptors (Lipinski definition) is 12. The molecule has 5 rings (SSSR count). The molecule has 0 bridgehead atoms. The Morgan fingerprint density at radius 2 is 0.927 bits per heavy atom. The van der Waals surface area contributed by atoms with Crippen LogP contribution < -0.4 is 18.9 Å². The number of carbonyl (C=O) groups is 8. The molecule has 0 unspecified atom stereocenters. The molecule has 3 aromatic carbocycles. The van der Waals surface area contributed by atoms with Crippen LogP contribution in [0.2, 0.25) is 0 Å². The van der Waals surface area contributed by atoms with Crippen LogP contribution in [0.25, 0.3) is 0 Å². The number of esters is 4. The van der Waals surface area contributed by atoms with Crippen molar-refractivity contribution in [3.05, 3.63) is 108 Å². The zero-order valence-corrected chi connectivity index (χ0v) is 30.0. The molecule has 0 fully saturated rings. The average molecular weight is 751 g/mol. The molecule has 2 aliphatic rings. The van der Waals surface area contributed by atoms with E-state index in [9.17, 15) is 38.4 Å². The predicted octanol–water partition coefficient (Wildman–Crippen LogP) is 5.22. The van der Waals surface area contributed by atoms with Gasteiger partial charge in [-0.3, -0.25) is 38.6 Å². The molecule has 3 aromatic rings. The fourth-order valence-corrected chi connectivity index (χ4v) is 5.65. The van der Waals surface area contributed by atoms with E-state index in [0.717, 1.165) is 9.80 Å². The summed E-state index contributed by atoms with van der Waals surface area (Å²) >= 11 is 0. The maximum atomic E-state index is 13.2. The molecule has 2 heterocycles. The van der Waals surface area contributed by atoms with Gasteiger partial charge in [0.2, 0.25) is 0 Å². The summed E-state index contributed by atoms with van der Waals surface area (Å²) in [4.78, 5) is 100. The molecule has 0 radical (unpaired) electrons. The molecule has 4 amide bonds. The summed E-state index contributed by atoms with van der Waals surface area (Å²) in [5, 5.41) is 0. The average Bonchev–Trinajstić information content (AvgIpc) is 3.66. The minimum Gasteiger partial charge on any atom is -0.426 e. The normalized spacial score (nSPS) is 13.4. The van der Waals surface area contributed by atoms with Crippen LogP contribution in [-0.2, 0) is 28.8 Å². The number of rotatable bonds is 18. The number of ether oxygens (including phenoxy) is 4. The van der Waals surface area contributed by atoms with E-state index in [1.165, 1.54) is 66.8 Å². The molecule has 0 spiro atoms. The molecular formula is C41H38N2O12. The Bertz CT molecular complexity index is 2030. The third-order valence-corrected chi connectivity index (χ3v) is 8.55. The number of benzene rings is 3. The van der Waals surface area contributed by atoms with Crippen molar-refractivity contribution < 1.29 is 57.3 Å². The van der Waals surface area contributed by atoms with Crippen molar-refractivity contribution in [2.75, 3.05) is 13.1 Å². The van der Waals surface area contributed by atoms with Gasteiger partial charge in [-0.1, -0.05) is 37.1 Å². The number of amides is 4. The maximum absolute atomic E-state index is 13.2. The quantitative estimate of drug-likeness (QED) is 0.0718. The first-order chi connectivity index (χ1) is 26.5. The second kappa shape index (κ2) is 18.9. The van der Waals surface area contributed by atoms with Gasteiger partial charge in [-0.2, -0.15) is 0 Å². The third kappa shape index (κ3) is 10.9. The monoisotopic (exact) mass is 750 g/mol. The van der Waals surface area contributed by atoms with E-state index in [1.54, 1.807) is 31.2 Å². The Morgan fingerprint density at radius 1 is 0.491 bits per heavy atom. The Balaban J connectivity index is 1.08. The van der Waals surface area contributed by atoms with Crippen LogP contribution in [0.1, 0.15) is 77.6 Å². The van der Waals surface area contributed by atoms with Crippen LogP contribution >= 0.6 is 0 Å². The number of para-hydroxylation sites is 2. The summed E-state index contributed by atoms with van der Waals surface area (Å²) in [7, 11) is 0. The van der Waals surface area contributed by atoms with Gasteiger partial charge in [-0.05, 0) is 80.6 Å². The van der Waals surface area contributed by atoms with Crippen molar-refractivity contribution in [2.24, 2.45) is 0 Å². The molecule has 0 saturated carbocycles. The Labute approximate surface area is 316 Å². The maximum Gasteiger partial charge on any atom is 0.347 e. The second-order valence-electron chi connectivity index (χ2n) is 12.6. The van der Waals surface area contributed by atoms with Gasteiger partial charge in [-0.15, -0.1) is 0 Å². The van der Waals surface area contributed by atoms with Crippen LogP contribution in [0.5, 0.6) is 23.0 Å². The topological polar surface area (TPSA) is 180 Å². The highest BCUT2D eigenvalue weighted by atomic mass is 16.6. The Morgan fingerprint density at radius 3 is 1.38 bits per heavy atom. The van der Waals surface area contributed by atoms with Crippen molar-refractivity contribution in [1.29, 1.82) is 0 Å². The first kappa shape index (κ1) is 39.5. The zero-order valence-electron chi connectivity index (χ0n) is 30.0. The number of hydrogen-bond donors (Lipinski definition) is 0. The van der Waals surface area contributed by atoms with Crippen molar-refractivity contribution in [2.45, 2.75) is 58.3 Å². The molecule has 0 aromatic heterocycles. The molecule has 284 valence electrons. The van der Waals surface area contributed by atoms with Crippen molar-refractivity contribution in [3.63, 3.8) is 0 Å². The molecule has 14 heteroatoms. The summed E-state index contributed by atoms with van der Waals surface area (Å²) in [6.07, 6.45) is 8.15. The lowest BCUT2D eigenvalue weighted by atomic mass is 10.1. The van der Waals surface area contributed by atoms with E-state index < -0.39 is 23.9 Å².